The topological polar surface area (TPSA) is 41.6 Å². The van der Waals surface area contributed by atoms with E-state index in [1.807, 2.05) is 30.3 Å². The van der Waals surface area contributed by atoms with Crippen molar-refractivity contribution in [2.75, 3.05) is 0 Å². The number of amides is 1. The summed E-state index contributed by atoms with van der Waals surface area (Å²) < 4.78 is 5.46. The van der Waals surface area contributed by atoms with Crippen LogP contribution in [0.4, 0.5) is 0 Å². The van der Waals surface area contributed by atoms with Crippen molar-refractivity contribution in [3.05, 3.63) is 35.9 Å². The quantitative estimate of drug-likeness (QED) is 0.810. The lowest BCUT2D eigenvalue weighted by Gasteiger charge is -2.10. The van der Waals surface area contributed by atoms with Gasteiger partial charge in [0.1, 0.15) is 6.10 Å². The lowest BCUT2D eigenvalue weighted by atomic mass is 10.1. The van der Waals surface area contributed by atoms with Gasteiger partial charge in [-0.25, -0.2) is 0 Å². The molecule has 1 amide bonds. The molecule has 0 spiro atoms. The molecule has 17 heavy (non-hydrogen) atoms. The Hall–Kier alpha value is -1.35. The Bertz CT molecular complexity index is 398. The van der Waals surface area contributed by atoms with E-state index in [2.05, 4.69) is 5.32 Å². The molecule has 2 atom stereocenters. The number of hydrogen-bond donors (Lipinski definition) is 1. The summed E-state index contributed by atoms with van der Waals surface area (Å²) in [6.07, 6.45) is 4.41. The predicted molar refractivity (Wildman–Crippen MR) is 64.5 cm³/mol. The van der Waals surface area contributed by atoms with Gasteiger partial charge < -0.3 is 10.1 Å². The molecule has 1 aromatic rings. The van der Waals surface area contributed by atoms with Gasteiger partial charge in [-0.1, -0.05) is 43.2 Å². The number of ether oxygens (including phenoxy) is 1. The molecule has 1 aliphatic heterocycles. The smallest absolute Gasteiger partial charge is 0.252 e. The van der Waals surface area contributed by atoms with Gasteiger partial charge in [-0.3, -0.25) is 4.79 Å². The highest BCUT2D eigenvalue weighted by molar-refractivity contribution is 5.84. The molecule has 0 bridgehead atoms. The van der Waals surface area contributed by atoms with E-state index in [1.54, 1.807) is 0 Å². The van der Waals surface area contributed by atoms with Crippen LogP contribution in [-0.2, 0) is 9.53 Å². The van der Waals surface area contributed by atoms with Gasteiger partial charge >= 0.3 is 0 Å². The Kier molecular flexibility index (Phi) is 2.85. The number of carbonyl (C=O) groups is 1. The van der Waals surface area contributed by atoms with Gasteiger partial charge in [0.05, 0.1) is 0 Å². The molecule has 1 saturated carbocycles. The molecule has 3 rings (SSSR count). The maximum Gasteiger partial charge on any atom is 0.252 e. The van der Waals surface area contributed by atoms with Crippen molar-refractivity contribution in [1.82, 2.24) is 5.32 Å². The van der Waals surface area contributed by atoms with E-state index in [0.717, 1.165) is 18.4 Å². The van der Waals surface area contributed by atoms with E-state index in [-0.39, 0.29) is 18.1 Å². The Morgan fingerprint density at radius 2 is 1.88 bits per heavy atom. The number of epoxide rings is 1. The fourth-order valence-corrected chi connectivity index (χ4v) is 2.56. The average molecular weight is 231 g/mol. The Morgan fingerprint density at radius 3 is 2.59 bits per heavy atom. The van der Waals surface area contributed by atoms with Gasteiger partial charge in [0.25, 0.3) is 5.91 Å². The largest absolute Gasteiger partial charge is 0.354 e. The first-order valence-corrected chi connectivity index (χ1v) is 6.35. The summed E-state index contributed by atoms with van der Waals surface area (Å²) in [5.41, 5.74) is 1.10. The number of hydrogen-bond acceptors (Lipinski definition) is 2. The van der Waals surface area contributed by atoms with Gasteiger partial charge in [-0.05, 0) is 18.4 Å². The lowest BCUT2D eigenvalue weighted by Crippen LogP contribution is -2.35. The molecule has 2 fully saturated rings. The highest BCUT2D eigenvalue weighted by Gasteiger charge is 2.46. The summed E-state index contributed by atoms with van der Waals surface area (Å²) >= 11 is 0. The second-order valence-corrected chi connectivity index (χ2v) is 4.88. The summed E-state index contributed by atoms with van der Waals surface area (Å²) in [5.74, 6) is 0.0609. The van der Waals surface area contributed by atoms with Crippen LogP contribution < -0.4 is 5.32 Å². The fraction of sp³-hybridized carbons (Fsp3) is 0.500. The average Bonchev–Trinajstić information content (AvgIpc) is 3.02. The molecule has 3 nitrogen and oxygen atoms in total. The van der Waals surface area contributed by atoms with Crippen LogP contribution in [0.1, 0.15) is 37.4 Å². The Labute approximate surface area is 101 Å². The summed E-state index contributed by atoms with van der Waals surface area (Å²) in [7, 11) is 0. The molecule has 0 unspecified atom stereocenters. The number of benzene rings is 1. The first kappa shape index (κ1) is 10.8. The summed E-state index contributed by atoms with van der Waals surface area (Å²) in [5, 5.41) is 3.08. The van der Waals surface area contributed by atoms with Crippen LogP contribution in [0.5, 0.6) is 0 Å². The van der Waals surface area contributed by atoms with Crippen molar-refractivity contribution in [3.8, 4) is 0 Å². The summed E-state index contributed by atoms with van der Waals surface area (Å²) in [6.45, 7) is 0. The highest BCUT2D eigenvalue weighted by atomic mass is 16.6. The molecule has 1 aromatic carbocycles. The van der Waals surface area contributed by atoms with Gasteiger partial charge in [0.15, 0.2) is 6.10 Å². The first-order chi connectivity index (χ1) is 8.34. The zero-order valence-electron chi connectivity index (χ0n) is 9.76. The third-order valence-electron chi connectivity index (χ3n) is 3.58. The van der Waals surface area contributed by atoms with Crippen molar-refractivity contribution in [2.45, 2.75) is 43.9 Å². The second-order valence-electron chi connectivity index (χ2n) is 4.88. The van der Waals surface area contributed by atoms with Crippen LogP contribution in [0, 0.1) is 0 Å². The first-order valence-electron chi connectivity index (χ1n) is 6.35. The predicted octanol–water partition coefficient (Wildman–Crippen LogP) is 2.19. The van der Waals surface area contributed by atoms with Crippen molar-refractivity contribution in [2.24, 2.45) is 0 Å². The van der Waals surface area contributed by atoms with Gasteiger partial charge in [-0.15, -0.1) is 0 Å². The lowest BCUT2D eigenvalue weighted by molar-refractivity contribution is -0.122. The highest BCUT2D eigenvalue weighted by Crippen LogP contribution is 2.38. The SMILES string of the molecule is O=C(NC1CCCC1)[C@H]1O[C@@H]1c1ccccc1. The van der Waals surface area contributed by atoms with E-state index in [1.165, 1.54) is 12.8 Å². The van der Waals surface area contributed by atoms with Crippen molar-refractivity contribution >= 4 is 5.91 Å². The van der Waals surface area contributed by atoms with Crippen LogP contribution in [0.15, 0.2) is 30.3 Å². The van der Waals surface area contributed by atoms with Crippen LogP contribution in [0.2, 0.25) is 0 Å². The Balaban J connectivity index is 1.55. The van der Waals surface area contributed by atoms with Crippen LogP contribution in [0.25, 0.3) is 0 Å². The molecule has 1 saturated heterocycles. The zero-order valence-corrected chi connectivity index (χ0v) is 9.76. The summed E-state index contributed by atoms with van der Waals surface area (Å²) in [4.78, 5) is 11.9. The monoisotopic (exact) mass is 231 g/mol. The van der Waals surface area contributed by atoms with E-state index < -0.39 is 0 Å². The summed E-state index contributed by atoms with van der Waals surface area (Å²) in [6, 6.07) is 10.3. The van der Waals surface area contributed by atoms with Crippen LogP contribution >= 0.6 is 0 Å². The number of carbonyl (C=O) groups excluding carboxylic acids is 1. The molecule has 0 aromatic heterocycles. The number of nitrogens with one attached hydrogen (secondary N) is 1. The second kappa shape index (κ2) is 4.49. The van der Waals surface area contributed by atoms with Crippen molar-refractivity contribution in [1.29, 1.82) is 0 Å². The maximum absolute atomic E-state index is 11.9. The third-order valence-corrected chi connectivity index (χ3v) is 3.58. The van der Waals surface area contributed by atoms with Gasteiger partial charge in [0, 0.05) is 6.04 Å². The minimum Gasteiger partial charge on any atom is -0.354 e. The van der Waals surface area contributed by atoms with E-state index in [9.17, 15) is 4.79 Å². The van der Waals surface area contributed by atoms with E-state index >= 15 is 0 Å². The van der Waals surface area contributed by atoms with Crippen LogP contribution in [0.3, 0.4) is 0 Å². The molecule has 90 valence electrons. The van der Waals surface area contributed by atoms with Crippen LogP contribution in [-0.4, -0.2) is 18.1 Å². The molecule has 1 N–H and O–H groups in total. The van der Waals surface area contributed by atoms with Crippen molar-refractivity contribution in [3.63, 3.8) is 0 Å². The minimum absolute atomic E-state index is 0.0300. The van der Waals surface area contributed by atoms with E-state index in [4.69, 9.17) is 4.74 Å². The molecule has 1 heterocycles. The zero-order chi connectivity index (χ0) is 11.7. The van der Waals surface area contributed by atoms with E-state index in [0.29, 0.717) is 6.04 Å². The molecule has 2 aliphatic rings. The molecular weight excluding hydrogens is 214 g/mol. The number of rotatable bonds is 3. The maximum atomic E-state index is 11.9. The minimum atomic E-state index is -0.266. The normalized spacial score (nSPS) is 28.0. The molecule has 0 radical (unpaired) electrons. The van der Waals surface area contributed by atoms with Crippen molar-refractivity contribution < 1.29 is 9.53 Å². The Morgan fingerprint density at radius 1 is 1.18 bits per heavy atom. The standard InChI is InChI=1S/C14H17NO2/c16-14(15-11-8-4-5-9-11)13-12(17-13)10-6-2-1-3-7-10/h1-3,6-7,11-13H,4-5,8-9H2,(H,15,16)/t12-,13+/m1/s1. The molecule has 3 heteroatoms. The fourth-order valence-electron chi connectivity index (χ4n) is 2.56. The third kappa shape index (κ3) is 2.34. The van der Waals surface area contributed by atoms with Gasteiger partial charge in [0.2, 0.25) is 0 Å². The molecular formula is C14H17NO2. The molecule has 1 aliphatic carbocycles. The van der Waals surface area contributed by atoms with Gasteiger partial charge in [-0.2, -0.15) is 0 Å².